The molecule has 5 heteroatoms. The molecule has 0 spiro atoms. The molecule has 0 aliphatic heterocycles. The third-order valence-electron chi connectivity index (χ3n) is 5.48. The highest BCUT2D eigenvalue weighted by Crippen LogP contribution is 2.19. The van der Waals surface area contributed by atoms with E-state index in [2.05, 4.69) is 13.8 Å². The first kappa shape index (κ1) is 26.9. The molecule has 27 heavy (non-hydrogen) atoms. The molecule has 0 saturated heterocycles. The third-order valence-corrected chi connectivity index (χ3v) is 6.75. The maximum Gasteiger partial charge on any atom is 0.267 e. The van der Waals surface area contributed by atoms with E-state index in [4.69, 9.17) is 0 Å². The second-order valence-electron chi connectivity index (χ2n) is 8.20. The minimum Gasteiger partial charge on any atom is -0.393 e. The number of rotatable bonds is 20. The second-order valence-corrected chi connectivity index (χ2v) is 9.90. The Bertz CT molecular complexity index is 409. The fourth-order valence-corrected chi connectivity index (χ4v) is 4.58. The van der Waals surface area contributed by atoms with Gasteiger partial charge in [-0.05, 0) is 19.3 Å². The minimum absolute atomic E-state index is 0.167. The van der Waals surface area contributed by atoms with Crippen molar-refractivity contribution in [3.8, 4) is 0 Å². The van der Waals surface area contributed by atoms with E-state index in [9.17, 15) is 18.1 Å². The molecule has 4 nitrogen and oxygen atoms in total. The van der Waals surface area contributed by atoms with Crippen LogP contribution < -0.4 is 0 Å². The summed E-state index contributed by atoms with van der Waals surface area (Å²) in [6.45, 7) is 4.31. The van der Waals surface area contributed by atoms with Crippen LogP contribution in [0, 0.1) is 0 Å². The Balaban J connectivity index is 3.64. The average molecular weight is 407 g/mol. The molecule has 0 aliphatic rings. The maximum absolute atomic E-state index is 11.5. The maximum atomic E-state index is 11.5. The zero-order chi connectivity index (χ0) is 20.4. The van der Waals surface area contributed by atoms with Crippen molar-refractivity contribution in [2.24, 2.45) is 0 Å². The molecule has 0 aromatic rings. The van der Waals surface area contributed by atoms with Gasteiger partial charge in [0.05, 0.1) is 11.4 Å². The summed E-state index contributed by atoms with van der Waals surface area (Å²) in [6.07, 6.45) is 18.7. The van der Waals surface area contributed by atoms with Crippen LogP contribution in [0.3, 0.4) is 0 Å². The van der Waals surface area contributed by atoms with E-state index in [1.807, 2.05) is 0 Å². The topological polar surface area (TPSA) is 74.6 Å². The summed E-state index contributed by atoms with van der Waals surface area (Å²) in [5.41, 5.74) is 0. The van der Waals surface area contributed by atoms with Gasteiger partial charge in [-0.2, -0.15) is 8.42 Å². The molecule has 0 bridgehead atoms. The molecule has 0 radical (unpaired) electrons. The quantitative estimate of drug-likeness (QED) is 0.175. The normalized spacial score (nSPS) is 14.4. The number of hydrogen-bond acceptors (Lipinski definition) is 3. The van der Waals surface area contributed by atoms with Crippen molar-refractivity contribution >= 4 is 10.1 Å². The van der Waals surface area contributed by atoms with E-state index >= 15 is 0 Å². The molecule has 0 heterocycles. The van der Waals surface area contributed by atoms with Crippen molar-refractivity contribution in [2.75, 3.05) is 0 Å². The van der Waals surface area contributed by atoms with Gasteiger partial charge in [-0.3, -0.25) is 4.55 Å². The summed E-state index contributed by atoms with van der Waals surface area (Å²) < 4.78 is 32.3. The van der Waals surface area contributed by atoms with Crippen LogP contribution in [-0.2, 0) is 10.1 Å². The Morgan fingerprint density at radius 2 is 1.00 bits per heavy atom. The first-order chi connectivity index (χ1) is 12.9. The molecule has 2 N–H and O–H groups in total. The Kier molecular flexibility index (Phi) is 17.8. The Morgan fingerprint density at radius 3 is 1.44 bits per heavy atom. The van der Waals surface area contributed by atoms with E-state index in [0.717, 1.165) is 32.1 Å². The Hall–Kier alpha value is -0.130. The van der Waals surface area contributed by atoms with Crippen LogP contribution in [-0.4, -0.2) is 29.4 Å². The van der Waals surface area contributed by atoms with Crippen LogP contribution in [0.2, 0.25) is 0 Å². The van der Waals surface area contributed by atoms with E-state index in [0.29, 0.717) is 12.8 Å². The fraction of sp³-hybridized carbons (Fsp3) is 1.00. The SMILES string of the molecule is CCCCCCCCCCCCCCC(O)CC(CCCCC)S(=O)(=O)O. The molecule has 164 valence electrons. The Labute approximate surface area is 169 Å². The highest BCUT2D eigenvalue weighted by Gasteiger charge is 2.25. The first-order valence-electron chi connectivity index (χ1n) is 11.6. The van der Waals surface area contributed by atoms with Crippen molar-refractivity contribution in [3.63, 3.8) is 0 Å². The van der Waals surface area contributed by atoms with Crippen LogP contribution in [0.25, 0.3) is 0 Å². The van der Waals surface area contributed by atoms with Crippen molar-refractivity contribution in [1.29, 1.82) is 0 Å². The van der Waals surface area contributed by atoms with Crippen molar-refractivity contribution in [1.82, 2.24) is 0 Å². The molecule has 0 rings (SSSR count). The number of aliphatic hydroxyl groups excluding tert-OH is 1. The highest BCUT2D eigenvalue weighted by molar-refractivity contribution is 7.86. The molecule has 0 amide bonds. The van der Waals surface area contributed by atoms with E-state index in [1.165, 1.54) is 64.2 Å². The lowest BCUT2D eigenvalue weighted by molar-refractivity contribution is 0.146. The number of unbranched alkanes of at least 4 members (excludes halogenated alkanes) is 13. The molecule has 2 unspecified atom stereocenters. The van der Waals surface area contributed by atoms with Crippen LogP contribution >= 0.6 is 0 Å². The first-order valence-corrected chi connectivity index (χ1v) is 13.1. The average Bonchev–Trinajstić information content (AvgIpc) is 2.61. The molecule has 0 aromatic heterocycles. The predicted molar refractivity (Wildman–Crippen MR) is 116 cm³/mol. The molecule has 0 aliphatic carbocycles. The van der Waals surface area contributed by atoms with Crippen molar-refractivity contribution < 1.29 is 18.1 Å². The summed E-state index contributed by atoms with van der Waals surface area (Å²) in [5, 5.41) is 9.32. The van der Waals surface area contributed by atoms with Gasteiger partial charge < -0.3 is 5.11 Å². The zero-order valence-electron chi connectivity index (χ0n) is 18.0. The van der Waals surface area contributed by atoms with Gasteiger partial charge in [0.15, 0.2) is 0 Å². The van der Waals surface area contributed by atoms with Gasteiger partial charge in [0.1, 0.15) is 0 Å². The van der Waals surface area contributed by atoms with E-state index < -0.39 is 21.5 Å². The van der Waals surface area contributed by atoms with Gasteiger partial charge in [0.25, 0.3) is 10.1 Å². The molecule has 0 fully saturated rings. The van der Waals surface area contributed by atoms with Gasteiger partial charge in [-0.15, -0.1) is 0 Å². The Morgan fingerprint density at radius 1 is 0.630 bits per heavy atom. The predicted octanol–water partition coefficient (Wildman–Crippen LogP) is 6.67. The van der Waals surface area contributed by atoms with Crippen LogP contribution in [0.5, 0.6) is 0 Å². The van der Waals surface area contributed by atoms with Crippen molar-refractivity contribution in [2.45, 2.75) is 141 Å². The van der Waals surface area contributed by atoms with Gasteiger partial charge in [0.2, 0.25) is 0 Å². The van der Waals surface area contributed by atoms with Gasteiger partial charge >= 0.3 is 0 Å². The van der Waals surface area contributed by atoms with Gasteiger partial charge in [-0.1, -0.05) is 110 Å². The van der Waals surface area contributed by atoms with Crippen LogP contribution in [0.4, 0.5) is 0 Å². The monoisotopic (exact) mass is 406 g/mol. The molecule has 2 atom stereocenters. The van der Waals surface area contributed by atoms with Crippen LogP contribution in [0.15, 0.2) is 0 Å². The largest absolute Gasteiger partial charge is 0.393 e. The van der Waals surface area contributed by atoms with E-state index in [-0.39, 0.29) is 6.42 Å². The smallest absolute Gasteiger partial charge is 0.267 e. The molecule has 0 aromatic carbocycles. The highest BCUT2D eigenvalue weighted by atomic mass is 32.2. The second kappa shape index (κ2) is 17.9. The molecule has 0 saturated carbocycles. The van der Waals surface area contributed by atoms with Crippen LogP contribution in [0.1, 0.15) is 129 Å². The summed E-state index contributed by atoms with van der Waals surface area (Å²) in [5.74, 6) is 0. The lowest BCUT2D eigenvalue weighted by Crippen LogP contribution is -2.26. The number of aliphatic hydroxyl groups is 1. The number of hydrogen-bond donors (Lipinski definition) is 2. The summed E-state index contributed by atoms with van der Waals surface area (Å²) >= 11 is 0. The summed E-state index contributed by atoms with van der Waals surface area (Å²) in [7, 11) is -4.06. The van der Waals surface area contributed by atoms with Crippen molar-refractivity contribution in [3.05, 3.63) is 0 Å². The van der Waals surface area contributed by atoms with E-state index in [1.54, 1.807) is 0 Å². The standard InChI is InChI=1S/C22H46O4S/c1-3-5-7-8-9-10-11-12-13-14-15-17-18-21(23)20-22(27(24,25)26)19-16-6-4-2/h21-23H,3-20H2,1-2H3,(H,24,25,26). The van der Waals surface area contributed by atoms with Gasteiger partial charge in [-0.25, -0.2) is 0 Å². The molecular weight excluding hydrogens is 360 g/mol. The third kappa shape index (κ3) is 17.7. The summed E-state index contributed by atoms with van der Waals surface area (Å²) in [6, 6.07) is 0. The lowest BCUT2D eigenvalue weighted by atomic mass is 10.0. The lowest BCUT2D eigenvalue weighted by Gasteiger charge is -2.18. The minimum atomic E-state index is -4.06. The fourth-order valence-electron chi connectivity index (χ4n) is 3.65. The summed E-state index contributed by atoms with van der Waals surface area (Å²) in [4.78, 5) is 0. The van der Waals surface area contributed by atoms with Gasteiger partial charge in [0, 0.05) is 0 Å². The molecular formula is C22H46O4S. The zero-order valence-corrected chi connectivity index (χ0v) is 18.8.